The summed E-state index contributed by atoms with van der Waals surface area (Å²) in [5.74, 6) is -0.323. The molecule has 304 valence electrons. The van der Waals surface area contributed by atoms with Crippen molar-refractivity contribution in [1.29, 1.82) is 0 Å². The largest absolute Gasteiger partial charge is 0.455 e. The maximum atomic E-state index is 13.7. The summed E-state index contributed by atoms with van der Waals surface area (Å²) in [4.78, 5) is 24.4. The van der Waals surface area contributed by atoms with Crippen LogP contribution in [-0.4, -0.2) is 113 Å². The molecule has 1 N–H and O–H groups in total. The first-order valence-corrected chi connectivity index (χ1v) is 20.5. The van der Waals surface area contributed by atoms with Crippen molar-refractivity contribution in [1.82, 2.24) is 5.32 Å². The van der Waals surface area contributed by atoms with Crippen LogP contribution in [0, 0.1) is 5.82 Å². The second-order valence-electron chi connectivity index (χ2n) is 13.3. The van der Waals surface area contributed by atoms with Gasteiger partial charge in [0.05, 0.1) is 103 Å². The number of nitrogens with zero attached hydrogens (tertiary/aromatic N) is 1. The van der Waals surface area contributed by atoms with E-state index in [2.05, 4.69) is 5.32 Å². The molecule has 15 heteroatoms. The second kappa shape index (κ2) is 21.3. The Kier molecular flexibility index (Phi) is 16.4. The standard InChI is InChI=1S/C41H51FN2O11S/c1-29(45)31-6-4-30(5-7-31)28-54-25-24-53-23-22-52-21-20-51-19-18-50-17-16-49-15-14-44(56(3,47)48)37-27-38-36(26-35(37)32-8-9-32)39(41(46)43-2)40(55-38)33-10-12-34(42)13-11-33/h4-7,10-13,26-27,32H,8-9,14-25,28H2,1-3H3,(H,43,46). The van der Waals surface area contributed by atoms with Gasteiger partial charge in [0.1, 0.15) is 17.2 Å². The fraction of sp³-hybridized carbons (Fsp3) is 0.463. The normalized spacial score (nSPS) is 13.0. The van der Waals surface area contributed by atoms with E-state index in [4.69, 9.17) is 32.8 Å². The third kappa shape index (κ3) is 12.6. The zero-order chi connectivity index (χ0) is 39.9. The highest BCUT2D eigenvalue weighted by molar-refractivity contribution is 7.92. The van der Waals surface area contributed by atoms with Gasteiger partial charge < -0.3 is 38.2 Å². The van der Waals surface area contributed by atoms with Gasteiger partial charge in [-0.25, -0.2) is 12.8 Å². The minimum atomic E-state index is -3.72. The van der Waals surface area contributed by atoms with Crippen molar-refractivity contribution in [3.8, 4) is 11.3 Å². The zero-order valence-corrected chi connectivity index (χ0v) is 33.0. The number of benzene rings is 3. The predicted molar refractivity (Wildman–Crippen MR) is 209 cm³/mol. The van der Waals surface area contributed by atoms with E-state index >= 15 is 0 Å². The number of carbonyl (C=O) groups is 2. The van der Waals surface area contributed by atoms with E-state index in [1.807, 2.05) is 18.2 Å². The van der Waals surface area contributed by atoms with Gasteiger partial charge in [-0.1, -0.05) is 24.3 Å². The number of amides is 1. The molecule has 1 saturated carbocycles. The van der Waals surface area contributed by atoms with Crippen LogP contribution in [0.25, 0.3) is 22.3 Å². The number of anilines is 1. The van der Waals surface area contributed by atoms with E-state index in [9.17, 15) is 22.4 Å². The van der Waals surface area contributed by atoms with Gasteiger partial charge in [0.2, 0.25) is 10.0 Å². The van der Waals surface area contributed by atoms with Crippen LogP contribution in [0.3, 0.4) is 0 Å². The Labute approximate surface area is 327 Å². The lowest BCUT2D eigenvalue weighted by Gasteiger charge is -2.25. The monoisotopic (exact) mass is 798 g/mol. The van der Waals surface area contributed by atoms with Crippen molar-refractivity contribution in [2.24, 2.45) is 0 Å². The minimum Gasteiger partial charge on any atom is -0.455 e. The van der Waals surface area contributed by atoms with E-state index < -0.39 is 15.8 Å². The van der Waals surface area contributed by atoms with Gasteiger partial charge in [0.25, 0.3) is 5.91 Å². The molecule has 0 atom stereocenters. The number of furan rings is 1. The summed E-state index contributed by atoms with van der Waals surface area (Å²) in [6.07, 6.45) is 2.94. The molecule has 1 amide bonds. The van der Waals surface area contributed by atoms with Gasteiger partial charge >= 0.3 is 0 Å². The summed E-state index contributed by atoms with van der Waals surface area (Å²) < 4.78 is 80.9. The van der Waals surface area contributed by atoms with E-state index in [1.54, 1.807) is 25.1 Å². The van der Waals surface area contributed by atoms with Crippen molar-refractivity contribution in [2.75, 3.05) is 96.8 Å². The molecule has 1 aliphatic rings. The Bertz CT molecular complexity index is 1980. The van der Waals surface area contributed by atoms with Crippen LogP contribution in [0.4, 0.5) is 10.1 Å². The lowest BCUT2D eigenvalue weighted by molar-refractivity contribution is -0.0173. The summed E-state index contributed by atoms with van der Waals surface area (Å²) in [6, 6.07) is 16.5. The minimum absolute atomic E-state index is 0.0380. The number of hydrogen-bond acceptors (Lipinski definition) is 11. The summed E-state index contributed by atoms with van der Waals surface area (Å²) >= 11 is 0. The number of hydrogen-bond donors (Lipinski definition) is 1. The van der Waals surface area contributed by atoms with Crippen LogP contribution in [0.1, 0.15) is 57.5 Å². The Balaban J connectivity index is 0.968. The summed E-state index contributed by atoms with van der Waals surface area (Å²) in [7, 11) is -2.19. The third-order valence-electron chi connectivity index (χ3n) is 9.01. The average molecular weight is 799 g/mol. The summed E-state index contributed by atoms with van der Waals surface area (Å²) in [6.45, 7) is 6.17. The summed E-state index contributed by atoms with van der Waals surface area (Å²) in [5, 5.41) is 3.22. The topological polar surface area (TPSA) is 152 Å². The number of ketones is 1. The Morgan fingerprint density at radius 3 is 1.82 bits per heavy atom. The first-order chi connectivity index (χ1) is 27.1. The number of ether oxygens (including phenoxy) is 6. The van der Waals surface area contributed by atoms with Crippen LogP contribution in [0.5, 0.6) is 0 Å². The lowest BCUT2D eigenvalue weighted by atomic mass is 10.0. The number of nitrogens with one attached hydrogen (secondary N) is 1. The molecular weight excluding hydrogens is 748 g/mol. The highest BCUT2D eigenvalue weighted by Gasteiger charge is 2.33. The van der Waals surface area contributed by atoms with Crippen molar-refractivity contribution in [3.63, 3.8) is 0 Å². The fourth-order valence-corrected chi connectivity index (χ4v) is 6.90. The van der Waals surface area contributed by atoms with Crippen LogP contribution in [0.2, 0.25) is 0 Å². The Morgan fingerprint density at radius 2 is 1.32 bits per heavy atom. The van der Waals surface area contributed by atoms with Crippen LogP contribution < -0.4 is 9.62 Å². The zero-order valence-electron chi connectivity index (χ0n) is 32.2. The smallest absolute Gasteiger partial charge is 0.255 e. The molecule has 3 aromatic carbocycles. The predicted octanol–water partition coefficient (Wildman–Crippen LogP) is 5.74. The molecule has 5 rings (SSSR count). The molecule has 0 radical (unpaired) electrons. The van der Waals surface area contributed by atoms with Gasteiger partial charge in [-0.15, -0.1) is 0 Å². The van der Waals surface area contributed by atoms with Gasteiger partial charge in [-0.3, -0.25) is 13.9 Å². The van der Waals surface area contributed by atoms with E-state index in [0.717, 1.165) is 30.2 Å². The van der Waals surface area contributed by atoms with Crippen molar-refractivity contribution >= 4 is 38.4 Å². The second-order valence-corrected chi connectivity index (χ2v) is 15.2. The number of halogens is 1. The molecule has 0 bridgehead atoms. The van der Waals surface area contributed by atoms with Crippen molar-refractivity contribution in [3.05, 3.63) is 88.7 Å². The molecule has 1 aliphatic carbocycles. The molecule has 0 spiro atoms. The number of Topliss-reactive ketones (excluding diaryl/α,β-unsaturated/α-hetero) is 1. The van der Waals surface area contributed by atoms with Crippen molar-refractivity contribution in [2.45, 2.75) is 32.3 Å². The molecule has 4 aromatic rings. The van der Waals surface area contributed by atoms with Crippen LogP contribution in [-0.2, 0) is 45.1 Å². The van der Waals surface area contributed by atoms with E-state index in [0.29, 0.717) is 99.4 Å². The van der Waals surface area contributed by atoms with Crippen LogP contribution >= 0.6 is 0 Å². The van der Waals surface area contributed by atoms with Gasteiger partial charge in [-0.2, -0.15) is 0 Å². The van der Waals surface area contributed by atoms with E-state index in [-0.39, 0.29) is 43.1 Å². The highest BCUT2D eigenvalue weighted by atomic mass is 32.2. The quantitative estimate of drug-likeness (QED) is 0.0612. The number of sulfonamides is 1. The molecule has 0 aliphatic heterocycles. The molecule has 1 aromatic heterocycles. The maximum Gasteiger partial charge on any atom is 0.255 e. The Hall–Kier alpha value is -4.22. The first-order valence-electron chi connectivity index (χ1n) is 18.7. The molecule has 1 heterocycles. The number of fused-ring (bicyclic) bond motifs is 1. The van der Waals surface area contributed by atoms with E-state index in [1.165, 1.54) is 35.6 Å². The lowest BCUT2D eigenvalue weighted by Crippen LogP contribution is -2.34. The summed E-state index contributed by atoms with van der Waals surface area (Å²) in [5.41, 5.74) is 4.15. The first kappa shape index (κ1) is 42.9. The molecule has 0 unspecified atom stereocenters. The molecule has 0 saturated heterocycles. The maximum absolute atomic E-state index is 13.7. The molecule has 13 nitrogen and oxygen atoms in total. The third-order valence-corrected chi connectivity index (χ3v) is 10.2. The average Bonchev–Trinajstić information content (AvgIpc) is 3.96. The highest BCUT2D eigenvalue weighted by Crippen LogP contribution is 2.48. The van der Waals surface area contributed by atoms with Gasteiger partial charge in [-0.05, 0) is 67.1 Å². The van der Waals surface area contributed by atoms with Crippen molar-refractivity contribution < 1.29 is 55.2 Å². The SMILES string of the molecule is CNC(=O)c1c(-c2ccc(F)cc2)oc2cc(N(CCOCCOCCOCCOCCOCCOCc3ccc(C(C)=O)cc3)S(C)(=O)=O)c(C3CC3)cc12. The van der Waals surface area contributed by atoms with Gasteiger partial charge in [0.15, 0.2) is 5.78 Å². The molecule has 56 heavy (non-hydrogen) atoms. The molecular formula is C41H51FN2O11S. The molecule has 1 fully saturated rings. The number of rotatable bonds is 26. The Morgan fingerprint density at radius 1 is 0.786 bits per heavy atom. The fourth-order valence-electron chi connectivity index (χ4n) is 5.98. The van der Waals surface area contributed by atoms with Gasteiger partial charge in [0, 0.05) is 29.6 Å². The van der Waals surface area contributed by atoms with Crippen LogP contribution in [0.15, 0.2) is 65.1 Å². The number of carbonyl (C=O) groups excluding carboxylic acids is 2.